The molecule has 0 aliphatic rings. The van der Waals surface area contributed by atoms with E-state index < -0.39 is 0 Å². The van der Waals surface area contributed by atoms with E-state index in [0.29, 0.717) is 5.56 Å². The van der Waals surface area contributed by atoms with Gasteiger partial charge in [0.2, 0.25) is 0 Å². The van der Waals surface area contributed by atoms with E-state index in [1.807, 2.05) is 37.3 Å². The van der Waals surface area contributed by atoms with Crippen LogP contribution in [0, 0.1) is 6.92 Å². The predicted molar refractivity (Wildman–Crippen MR) is 103 cm³/mol. The summed E-state index contributed by atoms with van der Waals surface area (Å²) in [6.07, 6.45) is 0.944. The molecule has 128 valence electrons. The van der Waals surface area contributed by atoms with E-state index in [1.165, 1.54) is 0 Å². The topological polar surface area (TPSA) is 51.2 Å². The summed E-state index contributed by atoms with van der Waals surface area (Å²) in [6, 6.07) is 13.2. The Labute approximate surface area is 151 Å². The number of nitrogens with one attached hydrogen (secondary N) is 1. The predicted octanol–water partition coefficient (Wildman–Crippen LogP) is 4.94. The normalized spacial score (nSPS) is 10.5. The largest absolute Gasteiger partial charge is 0.497 e. The molecular weight excluding hydrogens is 332 g/mol. The minimum Gasteiger partial charge on any atom is -0.497 e. The highest BCUT2D eigenvalue weighted by Gasteiger charge is 2.10. The molecule has 1 aromatic heterocycles. The van der Waals surface area contributed by atoms with E-state index in [9.17, 15) is 4.79 Å². The third kappa shape index (κ3) is 3.88. The Kier molecular flexibility index (Phi) is 5.14. The first-order chi connectivity index (χ1) is 12.1. The Morgan fingerprint density at radius 3 is 2.56 bits per heavy atom. The van der Waals surface area contributed by atoms with Gasteiger partial charge in [-0.3, -0.25) is 4.79 Å². The van der Waals surface area contributed by atoms with Crippen molar-refractivity contribution in [3.05, 3.63) is 64.0 Å². The van der Waals surface area contributed by atoms with E-state index in [2.05, 4.69) is 22.6 Å². The Balaban J connectivity index is 1.73. The average molecular weight is 352 g/mol. The number of thiazole rings is 1. The van der Waals surface area contributed by atoms with Crippen LogP contribution in [0.4, 0.5) is 5.69 Å². The molecule has 0 bridgehead atoms. The highest BCUT2D eigenvalue weighted by molar-refractivity contribution is 7.09. The van der Waals surface area contributed by atoms with Crippen LogP contribution in [0.15, 0.2) is 47.8 Å². The van der Waals surface area contributed by atoms with E-state index >= 15 is 0 Å². The second-order valence-electron chi connectivity index (χ2n) is 5.69. The Morgan fingerprint density at radius 1 is 1.20 bits per heavy atom. The van der Waals surface area contributed by atoms with Gasteiger partial charge in [-0.15, -0.1) is 11.3 Å². The van der Waals surface area contributed by atoms with Crippen LogP contribution in [-0.4, -0.2) is 18.0 Å². The fourth-order valence-electron chi connectivity index (χ4n) is 2.55. The standard InChI is InChI=1S/C20H20N2O2S/c1-4-19-22-18(12-25-19)14-5-7-15(8-6-14)21-20(23)17-10-9-16(24-3)11-13(17)2/h5-12H,4H2,1-3H3,(H,21,23). The molecule has 0 fully saturated rings. The van der Waals surface area contributed by atoms with Crippen LogP contribution in [0.1, 0.15) is 27.9 Å². The number of hydrogen-bond acceptors (Lipinski definition) is 4. The van der Waals surface area contributed by atoms with Crippen molar-refractivity contribution >= 4 is 22.9 Å². The third-order valence-corrected chi connectivity index (χ3v) is 4.96. The zero-order chi connectivity index (χ0) is 17.8. The highest BCUT2D eigenvalue weighted by atomic mass is 32.1. The molecule has 3 rings (SSSR count). The Morgan fingerprint density at radius 2 is 1.96 bits per heavy atom. The van der Waals surface area contributed by atoms with Crippen LogP contribution in [0.2, 0.25) is 0 Å². The Hall–Kier alpha value is -2.66. The van der Waals surface area contributed by atoms with Crippen LogP contribution in [0.5, 0.6) is 5.75 Å². The van der Waals surface area contributed by atoms with Gasteiger partial charge in [0.05, 0.1) is 17.8 Å². The summed E-state index contributed by atoms with van der Waals surface area (Å²) in [5.41, 5.74) is 4.30. The van der Waals surface area contributed by atoms with Gasteiger partial charge in [-0.25, -0.2) is 4.98 Å². The number of anilines is 1. The molecule has 0 unspecified atom stereocenters. The summed E-state index contributed by atoms with van der Waals surface area (Å²) in [4.78, 5) is 17.1. The molecule has 0 spiro atoms. The number of carbonyl (C=O) groups is 1. The van der Waals surface area contributed by atoms with E-state index in [1.54, 1.807) is 30.6 Å². The molecule has 0 aliphatic heterocycles. The molecule has 0 radical (unpaired) electrons. The number of benzene rings is 2. The third-order valence-electron chi connectivity index (χ3n) is 3.97. The first kappa shape index (κ1) is 17.2. The number of amides is 1. The quantitative estimate of drug-likeness (QED) is 0.707. The van der Waals surface area contributed by atoms with Crippen molar-refractivity contribution in [3.8, 4) is 17.0 Å². The van der Waals surface area contributed by atoms with Crippen LogP contribution in [0.25, 0.3) is 11.3 Å². The summed E-state index contributed by atoms with van der Waals surface area (Å²) < 4.78 is 5.18. The molecule has 25 heavy (non-hydrogen) atoms. The van der Waals surface area contributed by atoms with Gasteiger partial charge in [-0.1, -0.05) is 19.1 Å². The maximum atomic E-state index is 12.5. The lowest BCUT2D eigenvalue weighted by Gasteiger charge is -2.09. The summed E-state index contributed by atoms with van der Waals surface area (Å²) in [7, 11) is 1.61. The first-order valence-electron chi connectivity index (χ1n) is 8.11. The van der Waals surface area contributed by atoms with Gasteiger partial charge in [-0.05, 0) is 49.2 Å². The van der Waals surface area contributed by atoms with Crippen LogP contribution in [0.3, 0.4) is 0 Å². The zero-order valence-electron chi connectivity index (χ0n) is 14.5. The molecule has 3 aromatic rings. The molecule has 0 saturated heterocycles. The maximum absolute atomic E-state index is 12.5. The van der Waals surface area contributed by atoms with E-state index in [4.69, 9.17) is 4.74 Å². The van der Waals surface area contributed by atoms with Crippen molar-refractivity contribution in [1.82, 2.24) is 4.98 Å². The summed E-state index contributed by atoms with van der Waals surface area (Å²) in [6.45, 7) is 4.00. The lowest BCUT2D eigenvalue weighted by molar-refractivity contribution is 0.102. The maximum Gasteiger partial charge on any atom is 0.255 e. The summed E-state index contributed by atoms with van der Waals surface area (Å²) in [5, 5.41) is 6.12. The van der Waals surface area contributed by atoms with Crippen molar-refractivity contribution in [2.75, 3.05) is 12.4 Å². The Bertz CT molecular complexity index is 885. The van der Waals surface area contributed by atoms with E-state index in [0.717, 1.165) is 39.7 Å². The van der Waals surface area contributed by atoms with Crippen molar-refractivity contribution in [3.63, 3.8) is 0 Å². The van der Waals surface area contributed by atoms with Crippen molar-refractivity contribution in [2.45, 2.75) is 20.3 Å². The first-order valence-corrected chi connectivity index (χ1v) is 8.99. The van der Waals surface area contributed by atoms with E-state index in [-0.39, 0.29) is 5.91 Å². The number of rotatable bonds is 5. The van der Waals surface area contributed by atoms with Crippen molar-refractivity contribution in [1.29, 1.82) is 0 Å². The minimum absolute atomic E-state index is 0.130. The fourth-order valence-corrected chi connectivity index (χ4v) is 3.30. The summed E-state index contributed by atoms with van der Waals surface area (Å²) >= 11 is 1.67. The van der Waals surface area contributed by atoms with Gasteiger partial charge in [0.1, 0.15) is 5.75 Å². The molecule has 2 aromatic carbocycles. The van der Waals surface area contributed by atoms with Crippen LogP contribution < -0.4 is 10.1 Å². The number of methoxy groups -OCH3 is 1. The number of nitrogens with zero attached hydrogens (tertiary/aromatic N) is 1. The van der Waals surface area contributed by atoms with Crippen LogP contribution in [-0.2, 0) is 6.42 Å². The molecular formula is C20H20N2O2S. The van der Waals surface area contributed by atoms with Crippen molar-refractivity contribution in [2.24, 2.45) is 0 Å². The molecule has 0 saturated carbocycles. The average Bonchev–Trinajstić information content (AvgIpc) is 3.11. The number of ether oxygens (including phenoxy) is 1. The number of aryl methyl sites for hydroxylation is 2. The van der Waals surface area contributed by atoms with Gasteiger partial charge in [-0.2, -0.15) is 0 Å². The van der Waals surface area contributed by atoms with Crippen LogP contribution >= 0.6 is 11.3 Å². The molecule has 1 N–H and O–H groups in total. The number of hydrogen-bond donors (Lipinski definition) is 1. The second-order valence-corrected chi connectivity index (χ2v) is 6.64. The van der Waals surface area contributed by atoms with Gasteiger partial charge in [0.25, 0.3) is 5.91 Å². The molecule has 5 heteroatoms. The van der Waals surface area contributed by atoms with Gasteiger partial charge in [0, 0.05) is 22.2 Å². The monoisotopic (exact) mass is 352 g/mol. The molecule has 1 heterocycles. The summed E-state index contributed by atoms with van der Waals surface area (Å²) in [5.74, 6) is 0.614. The molecule has 4 nitrogen and oxygen atoms in total. The highest BCUT2D eigenvalue weighted by Crippen LogP contribution is 2.24. The van der Waals surface area contributed by atoms with Crippen molar-refractivity contribution < 1.29 is 9.53 Å². The fraction of sp³-hybridized carbons (Fsp3) is 0.200. The zero-order valence-corrected chi connectivity index (χ0v) is 15.3. The molecule has 0 atom stereocenters. The number of carbonyl (C=O) groups excluding carboxylic acids is 1. The van der Waals surface area contributed by atoms with Gasteiger partial charge < -0.3 is 10.1 Å². The lowest BCUT2D eigenvalue weighted by atomic mass is 10.1. The lowest BCUT2D eigenvalue weighted by Crippen LogP contribution is -2.13. The van der Waals surface area contributed by atoms with Gasteiger partial charge in [0.15, 0.2) is 0 Å². The van der Waals surface area contributed by atoms with Gasteiger partial charge >= 0.3 is 0 Å². The minimum atomic E-state index is -0.130. The number of aromatic nitrogens is 1. The smallest absolute Gasteiger partial charge is 0.255 e. The SMILES string of the molecule is CCc1nc(-c2ccc(NC(=O)c3ccc(OC)cc3C)cc2)cs1. The molecule has 0 aliphatic carbocycles. The molecule has 1 amide bonds. The second kappa shape index (κ2) is 7.49.